The number of carbonyl (C=O) groups excluding carboxylic acids is 1. The zero-order valence-corrected chi connectivity index (χ0v) is 17.3. The van der Waals surface area contributed by atoms with Crippen molar-refractivity contribution in [2.45, 2.75) is 26.8 Å². The molecule has 0 aliphatic rings. The van der Waals surface area contributed by atoms with Crippen molar-refractivity contribution >= 4 is 40.7 Å². The van der Waals surface area contributed by atoms with Crippen LogP contribution in [0.5, 0.6) is 0 Å². The molecule has 9 heteroatoms. The quantitative estimate of drug-likeness (QED) is 0.616. The lowest BCUT2D eigenvalue weighted by molar-refractivity contribution is -0.120. The Morgan fingerprint density at radius 3 is 2.61 bits per heavy atom. The third-order valence-corrected chi connectivity index (χ3v) is 5.10. The van der Waals surface area contributed by atoms with Gasteiger partial charge in [-0.3, -0.25) is 4.79 Å². The first-order valence-electron chi connectivity index (χ1n) is 8.33. The molecule has 28 heavy (non-hydrogen) atoms. The molecule has 0 radical (unpaired) electrons. The molecule has 146 valence electrons. The lowest BCUT2D eigenvalue weighted by atomic mass is 10.1. The van der Waals surface area contributed by atoms with E-state index >= 15 is 0 Å². The average Bonchev–Trinajstić information content (AvgIpc) is 2.89. The van der Waals surface area contributed by atoms with Gasteiger partial charge < -0.3 is 5.32 Å². The fourth-order valence-electron chi connectivity index (χ4n) is 2.78. The van der Waals surface area contributed by atoms with Crippen molar-refractivity contribution in [1.29, 1.82) is 0 Å². The number of aryl methyl sites for hydroxylation is 1. The van der Waals surface area contributed by atoms with Gasteiger partial charge in [0.2, 0.25) is 5.91 Å². The Hall–Kier alpha value is -2.15. The first-order chi connectivity index (χ1) is 13.3. The van der Waals surface area contributed by atoms with E-state index in [0.717, 1.165) is 11.3 Å². The van der Waals surface area contributed by atoms with Crippen LogP contribution < -0.4 is 5.32 Å². The normalized spacial score (nSPS) is 10.9. The lowest BCUT2D eigenvalue weighted by Gasteiger charge is -2.08. The van der Waals surface area contributed by atoms with E-state index in [1.165, 1.54) is 18.3 Å². The molecule has 3 rings (SSSR count). The van der Waals surface area contributed by atoms with Gasteiger partial charge in [0, 0.05) is 29.0 Å². The van der Waals surface area contributed by atoms with Crippen LogP contribution in [0.25, 0.3) is 5.82 Å². The van der Waals surface area contributed by atoms with E-state index in [1.807, 2.05) is 13.8 Å². The molecule has 1 N–H and O–H groups in total. The predicted octanol–water partition coefficient (Wildman–Crippen LogP) is 4.84. The second-order valence-electron chi connectivity index (χ2n) is 6.21. The number of pyridine rings is 1. The van der Waals surface area contributed by atoms with Gasteiger partial charge in [-0.05, 0) is 37.6 Å². The Labute approximate surface area is 176 Å². The maximum absolute atomic E-state index is 13.1. The molecule has 1 amide bonds. The molecule has 0 aliphatic heterocycles. The zero-order chi connectivity index (χ0) is 20.4. The van der Waals surface area contributed by atoms with Gasteiger partial charge >= 0.3 is 0 Å². The van der Waals surface area contributed by atoms with Gasteiger partial charge in [0.1, 0.15) is 5.82 Å². The maximum Gasteiger partial charge on any atom is 0.224 e. The van der Waals surface area contributed by atoms with Crippen LogP contribution in [0.15, 0.2) is 30.5 Å². The van der Waals surface area contributed by atoms with Gasteiger partial charge in [-0.1, -0.05) is 40.9 Å². The Morgan fingerprint density at radius 2 is 1.93 bits per heavy atom. The van der Waals surface area contributed by atoms with E-state index in [0.29, 0.717) is 27.1 Å². The van der Waals surface area contributed by atoms with E-state index in [2.05, 4.69) is 15.4 Å². The van der Waals surface area contributed by atoms with Crippen LogP contribution in [0, 0.1) is 19.7 Å². The molecule has 0 fully saturated rings. The van der Waals surface area contributed by atoms with Crippen LogP contribution in [0.3, 0.4) is 0 Å². The SMILES string of the molecule is Cc1nn(-c2ncc(Cl)cc2Cl)c(C)c1CC(=O)NCc1ccc(F)cc1Cl. The van der Waals surface area contributed by atoms with Crippen LogP contribution in [0.4, 0.5) is 4.39 Å². The van der Waals surface area contributed by atoms with Crippen molar-refractivity contribution in [2.75, 3.05) is 0 Å². The highest BCUT2D eigenvalue weighted by Crippen LogP contribution is 2.25. The second-order valence-corrected chi connectivity index (χ2v) is 7.46. The fourth-order valence-corrected chi connectivity index (χ4v) is 3.48. The van der Waals surface area contributed by atoms with Crippen LogP contribution in [0.1, 0.15) is 22.5 Å². The molecule has 3 aromatic rings. The number of nitrogens with zero attached hydrogens (tertiary/aromatic N) is 3. The topological polar surface area (TPSA) is 59.8 Å². The minimum absolute atomic E-state index is 0.127. The van der Waals surface area contributed by atoms with Gasteiger partial charge in [0.15, 0.2) is 5.82 Å². The van der Waals surface area contributed by atoms with E-state index in [4.69, 9.17) is 34.8 Å². The van der Waals surface area contributed by atoms with Crippen molar-refractivity contribution in [3.63, 3.8) is 0 Å². The minimum atomic E-state index is -0.423. The number of hydrogen-bond acceptors (Lipinski definition) is 3. The molecular formula is C19H16Cl3FN4O. The number of amides is 1. The third kappa shape index (κ3) is 4.46. The second kappa shape index (κ2) is 8.47. The molecule has 2 heterocycles. The van der Waals surface area contributed by atoms with Crippen LogP contribution in [0.2, 0.25) is 15.1 Å². The zero-order valence-electron chi connectivity index (χ0n) is 15.1. The van der Waals surface area contributed by atoms with E-state index in [9.17, 15) is 9.18 Å². The molecule has 0 saturated carbocycles. The Morgan fingerprint density at radius 1 is 1.18 bits per heavy atom. The van der Waals surface area contributed by atoms with Crippen molar-refractivity contribution in [1.82, 2.24) is 20.1 Å². The summed E-state index contributed by atoms with van der Waals surface area (Å²) >= 11 is 18.1. The minimum Gasteiger partial charge on any atom is -0.352 e. The number of benzene rings is 1. The third-order valence-electron chi connectivity index (χ3n) is 4.26. The largest absolute Gasteiger partial charge is 0.352 e. The summed E-state index contributed by atoms with van der Waals surface area (Å²) in [6.45, 7) is 3.85. The number of nitrogens with one attached hydrogen (secondary N) is 1. The van der Waals surface area contributed by atoms with E-state index in [1.54, 1.807) is 16.8 Å². The highest BCUT2D eigenvalue weighted by Gasteiger charge is 2.18. The van der Waals surface area contributed by atoms with E-state index < -0.39 is 5.82 Å². The van der Waals surface area contributed by atoms with Gasteiger partial charge in [0.25, 0.3) is 0 Å². The maximum atomic E-state index is 13.1. The monoisotopic (exact) mass is 440 g/mol. The summed E-state index contributed by atoms with van der Waals surface area (Å²) in [4.78, 5) is 16.6. The van der Waals surface area contributed by atoms with Crippen LogP contribution >= 0.6 is 34.8 Å². The summed E-state index contributed by atoms with van der Waals surface area (Å²) in [6.07, 6.45) is 1.61. The Bertz CT molecular complexity index is 1050. The molecule has 1 aromatic carbocycles. The average molecular weight is 442 g/mol. The molecule has 0 atom stereocenters. The van der Waals surface area contributed by atoms with Crippen molar-refractivity contribution in [3.05, 3.63) is 73.9 Å². The highest BCUT2D eigenvalue weighted by molar-refractivity contribution is 6.35. The van der Waals surface area contributed by atoms with Gasteiger partial charge in [-0.15, -0.1) is 0 Å². The molecule has 0 unspecified atom stereocenters. The van der Waals surface area contributed by atoms with Crippen molar-refractivity contribution in [3.8, 4) is 5.82 Å². The molecule has 0 aliphatic carbocycles. The number of halogens is 4. The first-order valence-corrected chi connectivity index (χ1v) is 9.46. The van der Waals surface area contributed by atoms with Crippen LogP contribution in [-0.2, 0) is 17.8 Å². The molecule has 0 spiro atoms. The molecule has 5 nitrogen and oxygen atoms in total. The Balaban J connectivity index is 1.75. The standard InChI is InChI=1S/C19H16Cl3FN4O/c1-10-15(7-18(28)24-8-12-3-4-14(23)6-16(12)21)11(2)27(26-10)19-17(22)5-13(20)9-25-19/h3-6,9H,7-8H2,1-2H3,(H,24,28). The highest BCUT2D eigenvalue weighted by atomic mass is 35.5. The Kier molecular flexibility index (Phi) is 6.23. The van der Waals surface area contributed by atoms with Gasteiger partial charge in [-0.2, -0.15) is 5.10 Å². The lowest BCUT2D eigenvalue weighted by Crippen LogP contribution is -2.25. The van der Waals surface area contributed by atoms with Gasteiger partial charge in [0.05, 0.1) is 22.2 Å². The summed E-state index contributed by atoms with van der Waals surface area (Å²) in [7, 11) is 0. The summed E-state index contributed by atoms with van der Waals surface area (Å²) in [5, 5.41) is 8.29. The van der Waals surface area contributed by atoms with Crippen molar-refractivity contribution in [2.24, 2.45) is 0 Å². The number of hydrogen-bond donors (Lipinski definition) is 1. The summed E-state index contributed by atoms with van der Waals surface area (Å²) in [5.41, 5.74) is 2.86. The summed E-state index contributed by atoms with van der Waals surface area (Å²) < 4.78 is 14.7. The fraction of sp³-hybridized carbons (Fsp3) is 0.211. The van der Waals surface area contributed by atoms with Gasteiger partial charge in [-0.25, -0.2) is 14.1 Å². The number of carbonyl (C=O) groups is 1. The molecule has 0 saturated heterocycles. The van der Waals surface area contributed by atoms with Crippen molar-refractivity contribution < 1.29 is 9.18 Å². The molecular weight excluding hydrogens is 426 g/mol. The predicted molar refractivity (Wildman–Crippen MR) is 108 cm³/mol. The van der Waals surface area contributed by atoms with E-state index in [-0.39, 0.29) is 23.9 Å². The summed E-state index contributed by atoms with van der Waals surface area (Å²) in [6, 6.07) is 5.64. The first kappa shape index (κ1) is 20.6. The number of rotatable bonds is 5. The molecule has 2 aromatic heterocycles. The smallest absolute Gasteiger partial charge is 0.224 e. The number of aromatic nitrogens is 3. The van der Waals surface area contributed by atoms with Crippen LogP contribution in [-0.4, -0.2) is 20.7 Å². The molecule has 0 bridgehead atoms. The summed E-state index contributed by atoms with van der Waals surface area (Å²) in [5.74, 6) is -0.189.